The van der Waals surface area contributed by atoms with Crippen LogP contribution in [0.25, 0.3) is 0 Å². The molecular formula is C12H18O. The van der Waals surface area contributed by atoms with Crippen LogP contribution >= 0.6 is 0 Å². The van der Waals surface area contributed by atoms with Gasteiger partial charge in [-0.3, -0.25) is 0 Å². The van der Waals surface area contributed by atoms with Gasteiger partial charge in [-0.25, -0.2) is 0 Å². The van der Waals surface area contributed by atoms with Crippen LogP contribution in [0.5, 0.6) is 0 Å². The molecule has 2 atom stereocenters. The first-order valence-corrected chi connectivity index (χ1v) is 4.75. The number of hydrogen-bond acceptors (Lipinski definition) is 1. The SMILES string of the molecule is C=C/C=C(\C=C/C)C1(C)CC1CO. The Kier molecular flexibility index (Phi) is 3.10. The zero-order valence-electron chi connectivity index (χ0n) is 8.46. The molecule has 0 amide bonds. The summed E-state index contributed by atoms with van der Waals surface area (Å²) in [5, 5.41) is 9.05. The van der Waals surface area contributed by atoms with Crippen LogP contribution in [0.2, 0.25) is 0 Å². The lowest BCUT2D eigenvalue weighted by atomic mass is 9.94. The maximum atomic E-state index is 9.05. The zero-order chi connectivity index (χ0) is 9.90. The van der Waals surface area contributed by atoms with Gasteiger partial charge < -0.3 is 5.11 Å². The molecule has 0 aromatic rings. The molecule has 0 radical (unpaired) electrons. The Morgan fingerprint density at radius 1 is 1.69 bits per heavy atom. The standard InChI is InChI=1S/C12H18O/c1-4-6-10(7-5-2)12(3)8-11(12)9-13/h4-7,11,13H,1,8-9H2,2-3H3/b7-5-,10-6+. The second kappa shape index (κ2) is 3.93. The largest absolute Gasteiger partial charge is 0.396 e. The number of hydrogen-bond donors (Lipinski definition) is 1. The molecule has 0 bridgehead atoms. The molecule has 0 saturated heterocycles. The molecule has 1 heteroatoms. The van der Waals surface area contributed by atoms with Gasteiger partial charge in [0, 0.05) is 6.61 Å². The maximum Gasteiger partial charge on any atom is 0.0468 e. The highest BCUT2D eigenvalue weighted by Gasteiger charge is 2.50. The van der Waals surface area contributed by atoms with Crippen LogP contribution in [0.3, 0.4) is 0 Å². The smallest absolute Gasteiger partial charge is 0.0468 e. The number of rotatable bonds is 4. The molecule has 1 aliphatic rings. The van der Waals surface area contributed by atoms with Crippen molar-refractivity contribution in [2.24, 2.45) is 11.3 Å². The molecule has 0 spiro atoms. The Hall–Kier alpha value is -0.820. The normalized spacial score (nSPS) is 33.8. The number of aliphatic hydroxyl groups excluding tert-OH is 1. The minimum atomic E-state index is 0.190. The van der Waals surface area contributed by atoms with Crippen molar-refractivity contribution in [3.63, 3.8) is 0 Å². The highest BCUT2D eigenvalue weighted by Crippen LogP contribution is 2.57. The molecule has 0 aromatic carbocycles. The lowest BCUT2D eigenvalue weighted by Crippen LogP contribution is -2.03. The average molecular weight is 178 g/mol. The second-order valence-corrected chi connectivity index (χ2v) is 3.86. The third-order valence-electron chi connectivity index (χ3n) is 2.93. The van der Waals surface area contributed by atoms with Crippen molar-refractivity contribution in [1.82, 2.24) is 0 Å². The molecule has 72 valence electrons. The molecule has 0 heterocycles. The summed E-state index contributed by atoms with van der Waals surface area (Å²) in [6.45, 7) is 8.20. The Labute approximate surface area is 80.5 Å². The molecule has 1 aliphatic carbocycles. The van der Waals surface area contributed by atoms with E-state index in [0.29, 0.717) is 12.5 Å². The van der Waals surface area contributed by atoms with Crippen molar-refractivity contribution in [1.29, 1.82) is 0 Å². The first-order chi connectivity index (χ1) is 6.19. The predicted molar refractivity (Wildman–Crippen MR) is 56.4 cm³/mol. The Balaban J connectivity index is 2.78. The molecular weight excluding hydrogens is 160 g/mol. The molecule has 0 aliphatic heterocycles. The monoisotopic (exact) mass is 178 g/mol. The van der Waals surface area contributed by atoms with Crippen LogP contribution in [0, 0.1) is 11.3 Å². The third-order valence-corrected chi connectivity index (χ3v) is 2.93. The molecule has 13 heavy (non-hydrogen) atoms. The van der Waals surface area contributed by atoms with Crippen molar-refractivity contribution < 1.29 is 5.11 Å². The van der Waals surface area contributed by atoms with Gasteiger partial charge in [-0.1, -0.05) is 37.8 Å². The molecule has 1 nitrogen and oxygen atoms in total. The van der Waals surface area contributed by atoms with Crippen LogP contribution in [-0.4, -0.2) is 11.7 Å². The first-order valence-electron chi connectivity index (χ1n) is 4.75. The molecule has 1 fully saturated rings. The van der Waals surface area contributed by atoms with E-state index in [1.165, 1.54) is 5.57 Å². The summed E-state index contributed by atoms with van der Waals surface area (Å²) < 4.78 is 0. The summed E-state index contributed by atoms with van der Waals surface area (Å²) in [6.07, 6.45) is 9.08. The van der Waals surface area contributed by atoms with E-state index in [2.05, 4.69) is 19.6 Å². The van der Waals surface area contributed by atoms with Gasteiger partial charge in [0.15, 0.2) is 0 Å². The van der Waals surface area contributed by atoms with E-state index in [4.69, 9.17) is 5.11 Å². The van der Waals surface area contributed by atoms with Gasteiger partial charge in [0.1, 0.15) is 0 Å². The minimum absolute atomic E-state index is 0.190. The van der Waals surface area contributed by atoms with Gasteiger partial charge in [-0.15, -0.1) is 0 Å². The second-order valence-electron chi connectivity index (χ2n) is 3.86. The zero-order valence-corrected chi connectivity index (χ0v) is 8.46. The van der Waals surface area contributed by atoms with Gasteiger partial charge in [0.2, 0.25) is 0 Å². The molecule has 2 unspecified atom stereocenters. The number of aliphatic hydroxyl groups is 1. The fourth-order valence-corrected chi connectivity index (χ4v) is 1.82. The van der Waals surface area contributed by atoms with Crippen molar-refractivity contribution in [2.75, 3.05) is 6.61 Å². The first kappa shape index (κ1) is 10.3. The van der Waals surface area contributed by atoms with Crippen LogP contribution < -0.4 is 0 Å². The molecule has 1 rings (SSSR count). The topological polar surface area (TPSA) is 20.2 Å². The van der Waals surface area contributed by atoms with Gasteiger partial charge >= 0.3 is 0 Å². The van der Waals surface area contributed by atoms with Gasteiger partial charge in [-0.2, -0.15) is 0 Å². The Morgan fingerprint density at radius 2 is 2.38 bits per heavy atom. The minimum Gasteiger partial charge on any atom is -0.396 e. The van der Waals surface area contributed by atoms with Crippen molar-refractivity contribution in [2.45, 2.75) is 20.3 Å². The van der Waals surface area contributed by atoms with E-state index in [-0.39, 0.29) is 5.41 Å². The lowest BCUT2D eigenvalue weighted by Gasteiger charge is -2.11. The van der Waals surface area contributed by atoms with Crippen molar-refractivity contribution >= 4 is 0 Å². The van der Waals surface area contributed by atoms with Crippen molar-refractivity contribution in [3.8, 4) is 0 Å². The van der Waals surface area contributed by atoms with Crippen LogP contribution in [0.15, 0.2) is 36.5 Å². The van der Waals surface area contributed by atoms with Crippen LogP contribution in [0.1, 0.15) is 20.3 Å². The fourth-order valence-electron chi connectivity index (χ4n) is 1.82. The Morgan fingerprint density at radius 3 is 2.77 bits per heavy atom. The summed E-state index contributed by atoms with van der Waals surface area (Å²) in [5.41, 5.74) is 1.47. The summed E-state index contributed by atoms with van der Waals surface area (Å²) in [5.74, 6) is 0.440. The maximum absolute atomic E-state index is 9.05. The van der Waals surface area contributed by atoms with Crippen molar-refractivity contribution in [3.05, 3.63) is 36.5 Å². The molecule has 0 aromatic heterocycles. The fraction of sp³-hybridized carbons (Fsp3) is 0.500. The quantitative estimate of drug-likeness (QED) is 0.656. The highest BCUT2D eigenvalue weighted by molar-refractivity contribution is 5.35. The summed E-state index contributed by atoms with van der Waals surface area (Å²) in [7, 11) is 0. The van der Waals surface area contributed by atoms with Crippen LogP contribution in [0.4, 0.5) is 0 Å². The molecule has 1 N–H and O–H groups in total. The van der Waals surface area contributed by atoms with E-state index in [0.717, 1.165) is 6.42 Å². The summed E-state index contributed by atoms with van der Waals surface area (Å²) >= 11 is 0. The summed E-state index contributed by atoms with van der Waals surface area (Å²) in [4.78, 5) is 0. The summed E-state index contributed by atoms with van der Waals surface area (Å²) in [6, 6.07) is 0. The molecule has 1 saturated carbocycles. The van der Waals surface area contributed by atoms with Gasteiger partial charge in [0.05, 0.1) is 0 Å². The third kappa shape index (κ3) is 1.92. The van der Waals surface area contributed by atoms with E-state index < -0.39 is 0 Å². The number of allylic oxidation sites excluding steroid dienone is 5. The van der Waals surface area contributed by atoms with Gasteiger partial charge in [-0.05, 0) is 30.3 Å². The van der Waals surface area contributed by atoms with E-state index in [1.807, 2.05) is 25.2 Å². The highest BCUT2D eigenvalue weighted by atomic mass is 16.3. The van der Waals surface area contributed by atoms with E-state index in [9.17, 15) is 0 Å². The van der Waals surface area contributed by atoms with E-state index in [1.54, 1.807) is 0 Å². The average Bonchev–Trinajstić information content (AvgIpc) is 2.78. The predicted octanol–water partition coefficient (Wildman–Crippen LogP) is 2.69. The van der Waals surface area contributed by atoms with E-state index >= 15 is 0 Å². The van der Waals surface area contributed by atoms with Crippen LogP contribution in [-0.2, 0) is 0 Å². The lowest BCUT2D eigenvalue weighted by molar-refractivity contribution is 0.261. The Bertz CT molecular complexity index is 250. The van der Waals surface area contributed by atoms with Gasteiger partial charge in [0.25, 0.3) is 0 Å².